The molecule has 0 aliphatic rings. The second-order valence-corrected chi connectivity index (χ2v) is 9.19. The van der Waals surface area contributed by atoms with E-state index >= 15 is 0 Å². The number of anilines is 1. The second kappa shape index (κ2) is 14.0. The Morgan fingerprint density at radius 1 is 0.875 bits per heavy atom. The van der Waals surface area contributed by atoms with Gasteiger partial charge in [0.05, 0.1) is 32.6 Å². The number of hydrogen-bond donors (Lipinski definition) is 1. The van der Waals surface area contributed by atoms with Gasteiger partial charge in [0.1, 0.15) is 0 Å². The summed E-state index contributed by atoms with van der Waals surface area (Å²) >= 11 is 0. The molecule has 4 aromatic rings. The number of rotatable bonds is 13. The molecule has 8 nitrogen and oxygen atoms in total. The van der Waals surface area contributed by atoms with Gasteiger partial charge in [0.15, 0.2) is 11.5 Å². The first-order chi connectivity index (χ1) is 19.6. The Bertz CT molecular complexity index is 1370. The third-order valence-corrected chi connectivity index (χ3v) is 6.61. The fraction of sp³-hybridized carbons (Fsp3) is 0.281. The first kappa shape index (κ1) is 28.4. The van der Waals surface area contributed by atoms with Crippen molar-refractivity contribution in [2.24, 2.45) is 0 Å². The van der Waals surface area contributed by atoms with Crippen LogP contribution in [0.3, 0.4) is 0 Å². The van der Waals surface area contributed by atoms with Crippen molar-refractivity contribution in [2.45, 2.75) is 26.3 Å². The SMILES string of the molecule is CCN(Cc1ccccc1)c1ncc(C(=O)NCCCc2ccccc2)c(-c2cc(OC)c(OC)c(OC)c2)n1. The number of amides is 1. The lowest BCUT2D eigenvalue weighted by Gasteiger charge is -2.22. The van der Waals surface area contributed by atoms with Gasteiger partial charge in [-0.15, -0.1) is 0 Å². The van der Waals surface area contributed by atoms with Crippen LogP contribution in [0.5, 0.6) is 17.2 Å². The van der Waals surface area contributed by atoms with Gasteiger partial charge in [0, 0.05) is 31.4 Å². The summed E-state index contributed by atoms with van der Waals surface area (Å²) in [5.41, 5.74) is 3.89. The monoisotopic (exact) mass is 540 g/mol. The maximum atomic E-state index is 13.4. The van der Waals surface area contributed by atoms with Crippen molar-refractivity contribution in [3.05, 3.63) is 95.7 Å². The predicted octanol–water partition coefficient (Wildman–Crippen LogP) is 5.56. The Kier molecular flexibility index (Phi) is 9.93. The van der Waals surface area contributed by atoms with Crippen LogP contribution in [0.4, 0.5) is 5.95 Å². The van der Waals surface area contributed by atoms with E-state index in [-0.39, 0.29) is 5.91 Å². The number of carbonyl (C=O) groups is 1. The van der Waals surface area contributed by atoms with Crippen LogP contribution in [0, 0.1) is 0 Å². The smallest absolute Gasteiger partial charge is 0.255 e. The fourth-order valence-corrected chi connectivity index (χ4v) is 4.49. The minimum Gasteiger partial charge on any atom is -0.493 e. The Hall–Kier alpha value is -4.59. The normalized spacial score (nSPS) is 10.6. The Morgan fingerprint density at radius 3 is 2.08 bits per heavy atom. The molecule has 0 aliphatic heterocycles. The lowest BCUT2D eigenvalue weighted by molar-refractivity contribution is 0.0953. The van der Waals surface area contributed by atoms with Crippen LogP contribution in [-0.4, -0.2) is 50.3 Å². The molecule has 0 fully saturated rings. The van der Waals surface area contributed by atoms with Crippen molar-refractivity contribution < 1.29 is 19.0 Å². The number of aryl methyl sites for hydroxylation is 1. The fourth-order valence-electron chi connectivity index (χ4n) is 4.49. The molecule has 0 aliphatic carbocycles. The Balaban J connectivity index is 1.67. The first-order valence-electron chi connectivity index (χ1n) is 13.4. The molecule has 3 aromatic carbocycles. The van der Waals surface area contributed by atoms with Crippen LogP contribution in [0.1, 0.15) is 34.8 Å². The van der Waals surface area contributed by atoms with Crippen molar-refractivity contribution in [3.8, 4) is 28.5 Å². The Labute approximate surface area is 236 Å². The van der Waals surface area contributed by atoms with Crippen molar-refractivity contribution in [1.82, 2.24) is 15.3 Å². The van der Waals surface area contributed by atoms with Gasteiger partial charge >= 0.3 is 0 Å². The summed E-state index contributed by atoms with van der Waals surface area (Å²) < 4.78 is 16.7. The van der Waals surface area contributed by atoms with E-state index in [1.165, 1.54) is 5.56 Å². The van der Waals surface area contributed by atoms with E-state index in [9.17, 15) is 4.79 Å². The van der Waals surface area contributed by atoms with Crippen molar-refractivity contribution in [2.75, 3.05) is 39.3 Å². The second-order valence-electron chi connectivity index (χ2n) is 9.19. The highest BCUT2D eigenvalue weighted by atomic mass is 16.5. The number of nitrogens with one attached hydrogen (secondary N) is 1. The molecule has 1 amide bonds. The van der Waals surface area contributed by atoms with Gasteiger partial charge in [-0.25, -0.2) is 9.97 Å². The van der Waals surface area contributed by atoms with Crippen molar-refractivity contribution in [3.63, 3.8) is 0 Å². The molecule has 0 saturated heterocycles. The van der Waals surface area contributed by atoms with Gasteiger partial charge in [0.2, 0.25) is 11.7 Å². The van der Waals surface area contributed by atoms with Gasteiger partial charge in [-0.1, -0.05) is 60.7 Å². The zero-order valence-corrected chi connectivity index (χ0v) is 23.5. The van der Waals surface area contributed by atoms with E-state index in [0.29, 0.717) is 59.7 Å². The highest BCUT2D eigenvalue weighted by Crippen LogP contribution is 2.41. The van der Waals surface area contributed by atoms with Crippen LogP contribution in [0.2, 0.25) is 0 Å². The van der Waals surface area contributed by atoms with E-state index in [1.54, 1.807) is 39.7 Å². The molecule has 208 valence electrons. The van der Waals surface area contributed by atoms with E-state index in [2.05, 4.69) is 46.4 Å². The van der Waals surface area contributed by atoms with Gasteiger partial charge in [-0.3, -0.25) is 4.79 Å². The molecule has 1 aromatic heterocycles. The van der Waals surface area contributed by atoms with Gasteiger partial charge in [-0.2, -0.15) is 0 Å². The molecule has 8 heteroatoms. The molecule has 0 atom stereocenters. The summed E-state index contributed by atoms with van der Waals surface area (Å²) in [5.74, 6) is 1.70. The zero-order chi connectivity index (χ0) is 28.3. The third-order valence-electron chi connectivity index (χ3n) is 6.61. The highest BCUT2D eigenvalue weighted by Gasteiger charge is 2.22. The average molecular weight is 541 g/mol. The van der Waals surface area contributed by atoms with E-state index in [4.69, 9.17) is 19.2 Å². The molecule has 1 heterocycles. The highest BCUT2D eigenvalue weighted by molar-refractivity contribution is 6.00. The number of aromatic nitrogens is 2. The van der Waals surface area contributed by atoms with Gasteiger partial charge in [-0.05, 0) is 43.0 Å². The van der Waals surface area contributed by atoms with Gasteiger partial charge < -0.3 is 24.4 Å². The zero-order valence-electron chi connectivity index (χ0n) is 23.5. The van der Waals surface area contributed by atoms with E-state index in [0.717, 1.165) is 18.4 Å². The summed E-state index contributed by atoms with van der Waals surface area (Å²) in [6.45, 7) is 3.91. The third kappa shape index (κ3) is 6.88. The van der Waals surface area contributed by atoms with Gasteiger partial charge in [0.25, 0.3) is 5.91 Å². The first-order valence-corrected chi connectivity index (χ1v) is 13.4. The maximum absolute atomic E-state index is 13.4. The predicted molar refractivity (Wildman–Crippen MR) is 157 cm³/mol. The summed E-state index contributed by atoms with van der Waals surface area (Å²) in [4.78, 5) is 25.0. The minimum absolute atomic E-state index is 0.241. The number of nitrogens with zero attached hydrogens (tertiary/aromatic N) is 3. The van der Waals surface area contributed by atoms with E-state index < -0.39 is 0 Å². The number of carbonyl (C=O) groups excluding carboxylic acids is 1. The number of hydrogen-bond acceptors (Lipinski definition) is 7. The quantitative estimate of drug-likeness (QED) is 0.222. The summed E-state index contributed by atoms with van der Waals surface area (Å²) in [6.07, 6.45) is 3.29. The van der Waals surface area contributed by atoms with E-state index in [1.807, 2.05) is 36.4 Å². The molecule has 0 radical (unpaired) electrons. The summed E-state index contributed by atoms with van der Waals surface area (Å²) in [6, 6.07) is 24.0. The molecule has 4 rings (SSSR count). The molecule has 0 saturated carbocycles. The molecular formula is C32H36N4O4. The summed E-state index contributed by atoms with van der Waals surface area (Å²) in [5, 5.41) is 3.04. The number of benzene rings is 3. The topological polar surface area (TPSA) is 85.8 Å². The lowest BCUT2D eigenvalue weighted by atomic mass is 10.0. The molecule has 0 unspecified atom stereocenters. The molecule has 40 heavy (non-hydrogen) atoms. The minimum atomic E-state index is -0.241. The number of methoxy groups -OCH3 is 3. The molecule has 1 N–H and O–H groups in total. The Morgan fingerprint density at radius 2 is 1.50 bits per heavy atom. The molecule has 0 bridgehead atoms. The van der Waals surface area contributed by atoms with Crippen LogP contribution < -0.4 is 24.4 Å². The lowest BCUT2D eigenvalue weighted by Crippen LogP contribution is -2.28. The molecular weight excluding hydrogens is 504 g/mol. The average Bonchev–Trinajstić information content (AvgIpc) is 3.01. The maximum Gasteiger partial charge on any atom is 0.255 e. The summed E-state index contributed by atoms with van der Waals surface area (Å²) in [7, 11) is 4.68. The molecule has 0 spiro atoms. The van der Waals surface area contributed by atoms with Crippen LogP contribution >= 0.6 is 0 Å². The standard InChI is InChI=1S/C32H36N4O4/c1-5-36(22-24-15-10-7-11-16-24)32-34-21-26(31(37)33-18-12-17-23-13-8-6-9-14-23)29(35-32)25-19-27(38-2)30(40-4)28(20-25)39-3/h6-11,13-16,19-21H,5,12,17-18,22H2,1-4H3,(H,33,37). The van der Waals surface area contributed by atoms with Crippen LogP contribution in [0.25, 0.3) is 11.3 Å². The van der Waals surface area contributed by atoms with Crippen LogP contribution in [-0.2, 0) is 13.0 Å². The van der Waals surface area contributed by atoms with Crippen molar-refractivity contribution >= 4 is 11.9 Å². The van der Waals surface area contributed by atoms with Crippen LogP contribution in [0.15, 0.2) is 79.0 Å². The largest absolute Gasteiger partial charge is 0.493 e. The number of ether oxygens (including phenoxy) is 3. The van der Waals surface area contributed by atoms with Crippen molar-refractivity contribution in [1.29, 1.82) is 0 Å².